The second kappa shape index (κ2) is 9.84. The lowest BCUT2D eigenvalue weighted by atomic mass is 10.1. The van der Waals surface area contributed by atoms with Crippen LogP contribution in [0.25, 0.3) is 11.3 Å². The Hall–Kier alpha value is -3.37. The third-order valence-corrected chi connectivity index (χ3v) is 6.10. The first-order chi connectivity index (χ1) is 15.2. The first-order valence-corrected chi connectivity index (χ1v) is 11.4. The second-order valence-corrected chi connectivity index (χ2v) is 9.15. The summed E-state index contributed by atoms with van der Waals surface area (Å²) >= 11 is 0. The lowest BCUT2D eigenvalue weighted by Gasteiger charge is -2.10. The van der Waals surface area contributed by atoms with Crippen LogP contribution in [0, 0.1) is 11.7 Å². The summed E-state index contributed by atoms with van der Waals surface area (Å²) in [7, 11) is -3.79. The van der Waals surface area contributed by atoms with Gasteiger partial charge in [-0.1, -0.05) is 13.8 Å². The lowest BCUT2D eigenvalue weighted by Crippen LogP contribution is -2.31. The summed E-state index contributed by atoms with van der Waals surface area (Å²) in [6, 6.07) is 12.7. The number of sulfonamides is 1. The fourth-order valence-electron chi connectivity index (χ4n) is 2.76. The minimum Gasteiger partial charge on any atom is -0.326 e. The minimum absolute atomic E-state index is 0.0222. The number of nitrogens with one attached hydrogen (secondary N) is 2. The number of halogens is 1. The number of hydrogen-bond acceptors (Lipinski definition) is 5. The molecule has 0 saturated carbocycles. The largest absolute Gasteiger partial charge is 0.326 e. The SMILES string of the molecule is CC(C)C(=O)Nc1ccc(S(=O)(=O)NCCn2cnc(-c3ccc(F)cc3)cc2=O)cc1. The van der Waals surface area contributed by atoms with Gasteiger partial charge in [-0.3, -0.25) is 14.2 Å². The van der Waals surface area contributed by atoms with Gasteiger partial charge in [-0.25, -0.2) is 22.5 Å². The molecule has 2 N–H and O–H groups in total. The van der Waals surface area contributed by atoms with Crippen LogP contribution >= 0.6 is 0 Å². The number of carbonyl (C=O) groups is 1. The number of hydrogen-bond donors (Lipinski definition) is 2. The first kappa shape index (κ1) is 23.3. The van der Waals surface area contributed by atoms with Gasteiger partial charge < -0.3 is 5.32 Å². The molecule has 8 nitrogen and oxygen atoms in total. The van der Waals surface area contributed by atoms with E-state index in [1.54, 1.807) is 13.8 Å². The number of benzene rings is 2. The maximum absolute atomic E-state index is 13.0. The number of amides is 1. The summed E-state index contributed by atoms with van der Waals surface area (Å²) in [6.45, 7) is 3.58. The Bertz CT molecular complexity index is 1250. The van der Waals surface area contributed by atoms with Crippen molar-refractivity contribution in [3.63, 3.8) is 0 Å². The molecule has 10 heteroatoms. The Balaban J connectivity index is 1.61. The molecule has 0 fully saturated rings. The van der Waals surface area contributed by atoms with Crippen molar-refractivity contribution in [3.8, 4) is 11.3 Å². The number of aromatic nitrogens is 2. The summed E-state index contributed by atoms with van der Waals surface area (Å²) in [4.78, 5) is 28.3. The van der Waals surface area contributed by atoms with Crippen LogP contribution < -0.4 is 15.6 Å². The highest BCUT2D eigenvalue weighted by Crippen LogP contribution is 2.16. The third kappa shape index (κ3) is 5.86. The molecular formula is C22H23FN4O4S. The third-order valence-electron chi connectivity index (χ3n) is 4.62. The molecule has 2 aromatic carbocycles. The van der Waals surface area contributed by atoms with Crippen LogP contribution in [0.4, 0.5) is 10.1 Å². The van der Waals surface area contributed by atoms with Crippen molar-refractivity contribution in [1.29, 1.82) is 0 Å². The Morgan fingerprint density at radius 3 is 2.34 bits per heavy atom. The van der Waals surface area contributed by atoms with Crippen LogP contribution in [-0.4, -0.2) is 30.4 Å². The van der Waals surface area contributed by atoms with Gasteiger partial charge in [-0.2, -0.15) is 0 Å². The molecule has 3 aromatic rings. The molecule has 0 saturated heterocycles. The van der Waals surface area contributed by atoms with Crippen molar-refractivity contribution >= 4 is 21.6 Å². The fraction of sp³-hybridized carbons (Fsp3) is 0.227. The lowest BCUT2D eigenvalue weighted by molar-refractivity contribution is -0.118. The van der Waals surface area contributed by atoms with Gasteiger partial charge in [0.05, 0.1) is 16.9 Å². The quantitative estimate of drug-likeness (QED) is 0.539. The van der Waals surface area contributed by atoms with Crippen molar-refractivity contribution in [2.45, 2.75) is 25.3 Å². The molecule has 1 amide bonds. The Morgan fingerprint density at radius 1 is 1.09 bits per heavy atom. The van der Waals surface area contributed by atoms with Gasteiger partial charge in [0.2, 0.25) is 15.9 Å². The molecular weight excluding hydrogens is 435 g/mol. The number of anilines is 1. The van der Waals surface area contributed by atoms with Crippen LogP contribution in [0.15, 0.2) is 70.6 Å². The van der Waals surface area contributed by atoms with Crippen LogP contribution in [0.5, 0.6) is 0 Å². The van der Waals surface area contributed by atoms with E-state index in [-0.39, 0.29) is 41.2 Å². The Kier molecular flexibility index (Phi) is 7.16. The van der Waals surface area contributed by atoms with Gasteiger partial charge in [0.25, 0.3) is 5.56 Å². The normalized spacial score (nSPS) is 11.5. The van der Waals surface area contributed by atoms with Crippen molar-refractivity contribution < 1.29 is 17.6 Å². The van der Waals surface area contributed by atoms with Crippen molar-refractivity contribution in [2.75, 3.05) is 11.9 Å². The molecule has 0 bridgehead atoms. The van der Waals surface area contributed by atoms with E-state index in [9.17, 15) is 22.4 Å². The minimum atomic E-state index is -3.79. The maximum Gasteiger partial charge on any atom is 0.253 e. The molecule has 0 spiro atoms. The molecule has 1 aromatic heterocycles. The van der Waals surface area contributed by atoms with Gasteiger partial charge in [-0.05, 0) is 48.5 Å². The van der Waals surface area contributed by atoms with Gasteiger partial charge >= 0.3 is 0 Å². The smallest absolute Gasteiger partial charge is 0.253 e. The highest BCUT2D eigenvalue weighted by molar-refractivity contribution is 7.89. The highest BCUT2D eigenvalue weighted by atomic mass is 32.2. The zero-order valence-corrected chi connectivity index (χ0v) is 18.4. The van der Waals surface area contributed by atoms with Crippen molar-refractivity contribution in [3.05, 3.63) is 77.1 Å². The average molecular weight is 459 g/mol. The van der Waals surface area contributed by atoms with E-state index in [1.807, 2.05) is 0 Å². The van der Waals surface area contributed by atoms with Gasteiger partial charge in [0.1, 0.15) is 5.82 Å². The van der Waals surface area contributed by atoms with Gasteiger partial charge in [0.15, 0.2) is 0 Å². The summed E-state index contributed by atoms with van der Waals surface area (Å²) in [5.74, 6) is -0.740. The predicted molar refractivity (Wildman–Crippen MR) is 119 cm³/mol. The van der Waals surface area contributed by atoms with Gasteiger partial charge in [0, 0.05) is 36.3 Å². The second-order valence-electron chi connectivity index (χ2n) is 7.38. The van der Waals surface area contributed by atoms with E-state index in [1.165, 1.54) is 65.5 Å². The molecule has 0 aliphatic rings. The molecule has 1 heterocycles. The zero-order chi connectivity index (χ0) is 23.3. The van der Waals surface area contributed by atoms with E-state index in [0.29, 0.717) is 16.9 Å². The monoisotopic (exact) mass is 458 g/mol. The number of rotatable bonds is 8. The number of carbonyl (C=O) groups excluding carboxylic acids is 1. The van der Waals surface area contributed by atoms with E-state index in [2.05, 4.69) is 15.0 Å². The molecule has 0 atom stereocenters. The summed E-state index contributed by atoms with van der Waals surface area (Å²) < 4.78 is 41.7. The van der Waals surface area contributed by atoms with Crippen LogP contribution in [0.3, 0.4) is 0 Å². The molecule has 168 valence electrons. The summed E-state index contributed by atoms with van der Waals surface area (Å²) in [5.41, 5.74) is 1.14. The summed E-state index contributed by atoms with van der Waals surface area (Å²) in [6.07, 6.45) is 1.32. The van der Waals surface area contributed by atoms with E-state index in [4.69, 9.17) is 0 Å². The van der Waals surface area contributed by atoms with E-state index < -0.39 is 10.0 Å². The standard InChI is InChI=1S/C22H23FN4O4S/c1-15(2)22(29)26-18-7-9-19(10-8-18)32(30,31)25-11-12-27-14-24-20(13-21(27)28)16-3-5-17(23)6-4-16/h3-10,13-15,25H,11-12H2,1-2H3,(H,26,29). The predicted octanol–water partition coefficient (Wildman–Crippen LogP) is 2.62. The molecule has 0 aliphatic heterocycles. The summed E-state index contributed by atoms with van der Waals surface area (Å²) in [5, 5.41) is 2.69. The Morgan fingerprint density at radius 2 is 1.75 bits per heavy atom. The molecule has 0 radical (unpaired) electrons. The average Bonchev–Trinajstić information content (AvgIpc) is 2.75. The molecule has 0 unspecified atom stereocenters. The van der Waals surface area contributed by atoms with E-state index in [0.717, 1.165) is 0 Å². The molecule has 0 aliphatic carbocycles. The zero-order valence-electron chi connectivity index (χ0n) is 17.6. The molecule has 32 heavy (non-hydrogen) atoms. The highest BCUT2D eigenvalue weighted by Gasteiger charge is 2.14. The Labute approximate surface area is 185 Å². The first-order valence-electron chi connectivity index (χ1n) is 9.89. The van der Waals surface area contributed by atoms with Crippen molar-refractivity contribution in [2.24, 2.45) is 5.92 Å². The number of nitrogens with zero attached hydrogens (tertiary/aromatic N) is 2. The van der Waals surface area contributed by atoms with Crippen LogP contribution in [0.1, 0.15) is 13.8 Å². The molecule has 3 rings (SSSR count). The maximum atomic E-state index is 13.0. The van der Waals surface area contributed by atoms with Crippen LogP contribution in [-0.2, 0) is 21.4 Å². The van der Waals surface area contributed by atoms with Crippen LogP contribution in [0.2, 0.25) is 0 Å². The van der Waals surface area contributed by atoms with Gasteiger partial charge in [-0.15, -0.1) is 0 Å². The van der Waals surface area contributed by atoms with E-state index >= 15 is 0 Å². The van der Waals surface area contributed by atoms with Crippen molar-refractivity contribution in [1.82, 2.24) is 14.3 Å². The topological polar surface area (TPSA) is 110 Å². The fourth-order valence-corrected chi connectivity index (χ4v) is 3.78.